The number of anilines is 2. The van der Waals surface area contributed by atoms with E-state index in [1.807, 2.05) is 22.9 Å². The molecule has 6 nitrogen and oxygen atoms in total. The highest BCUT2D eigenvalue weighted by molar-refractivity contribution is 7.90. The predicted molar refractivity (Wildman–Crippen MR) is 124 cm³/mol. The number of rotatable bonds is 6. The van der Waals surface area contributed by atoms with Crippen molar-refractivity contribution in [3.63, 3.8) is 0 Å². The number of aromatic nitrogens is 1. The minimum Gasteiger partial charge on any atom is -0.307 e. The van der Waals surface area contributed by atoms with Gasteiger partial charge in [-0.3, -0.25) is 5.32 Å². The van der Waals surface area contributed by atoms with Crippen molar-refractivity contribution < 1.29 is 13.2 Å². The average molecular weight is 450 g/mol. The van der Waals surface area contributed by atoms with Gasteiger partial charge >= 0.3 is 6.03 Å². The van der Waals surface area contributed by atoms with Crippen LogP contribution >= 0.6 is 11.3 Å². The highest BCUT2D eigenvalue weighted by atomic mass is 32.2. The minimum absolute atomic E-state index is 0.120. The third-order valence-electron chi connectivity index (χ3n) is 4.54. The number of carbonyl (C=O) groups excluding carboxylic acids is 1. The maximum Gasteiger partial charge on any atom is 0.324 e. The summed E-state index contributed by atoms with van der Waals surface area (Å²) in [6.07, 6.45) is 1.57. The van der Waals surface area contributed by atoms with Gasteiger partial charge in [-0.2, -0.15) is 11.3 Å². The van der Waals surface area contributed by atoms with Crippen LogP contribution in [0, 0.1) is 0 Å². The first-order valence-electron chi connectivity index (χ1n) is 9.44. The van der Waals surface area contributed by atoms with E-state index >= 15 is 0 Å². The van der Waals surface area contributed by atoms with E-state index < -0.39 is 15.9 Å². The summed E-state index contributed by atoms with van der Waals surface area (Å²) >= 11 is 1.52. The molecule has 31 heavy (non-hydrogen) atoms. The molecule has 4 aromatic rings. The molecule has 2 heterocycles. The molecule has 0 unspecified atom stereocenters. The number of carbonyl (C=O) groups is 1. The Morgan fingerprint density at radius 3 is 2.45 bits per heavy atom. The first-order valence-corrected chi connectivity index (χ1v) is 12.0. The van der Waals surface area contributed by atoms with Crippen LogP contribution < -0.4 is 10.6 Å². The quantitative estimate of drug-likeness (QED) is 0.411. The Morgan fingerprint density at radius 2 is 1.74 bits per heavy atom. The number of sulfone groups is 1. The SMILES string of the molecule is O=C(Nc1ccccn1)Nc1cc(S(=O)(=O)Cc2ccccc2)ccc1-c1ccsc1. The molecule has 2 aromatic carbocycles. The van der Waals surface area contributed by atoms with Gasteiger partial charge in [0.05, 0.1) is 16.3 Å². The van der Waals surface area contributed by atoms with Gasteiger partial charge in [0.25, 0.3) is 0 Å². The van der Waals surface area contributed by atoms with E-state index in [9.17, 15) is 13.2 Å². The van der Waals surface area contributed by atoms with Gasteiger partial charge in [-0.15, -0.1) is 0 Å². The van der Waals surface area contributed by atoms with Gasteiger partial charge in [-0.1, -0.05) is 42.5 Å². The van der Waals surface area contributed by atoms with Crippen molar-refractivity contribution >= 4 is 38.7 Å². The van der Waals surface area contributed by atoms with Crippen molar-refractivity contribution in [2.75, 3.05) is 10.6 Å². The number of nitrogens with zero attached hydrogens (tertiary/aromatic N) is 1. The summed E-state index contributed by atoms with van der Waals surface area (Å²) in [4.78, 5) is 16.8. The van der Waals surface area contributed by atoms with Crippen molar-refractivity contribution in [1.82, 2.24) is 4.98 Å². The van der Waals surface area contributed by atoms with Gasteiger partial charge in [0.15, 0.2) is 9.84 Å². The van der Waals surface area contributed by atoms with E-state index in [0.717, 1.165) is 11.1 Å². The molecule has 0 spiro atoms. The highest BCUT2D eigenvalue weighted by Gasteiger charge is 2.19. The summed E-state index contributed by atoms with van der Waals surface area (Å²) in [5.74, 6) is 0.274. The van der Waals surface area contributed by atoms with Crippen LogP contribution in [0.5, 0.6) is 0 Å². The molecule has 0 fully saturated rings. The molecule has 0 bridgehead atoms. The largest absolute Gasteiger partial charge is 0.324 e. The van der Waals surface area contributed by atoms with Crippen molar-refractivity contribution in [3.8, 4) is 11.1 Å². The van der Waals surface area contributed by atoms with Crippen LogP contribution in [-0.4, -0.2) is 19.4 Å². The lowest BCUT2D eigenvalue weighted by Gasteiger charge is -2.14. The van der Waals surface area contributed by atoms with Crippen LogP contribution in [0.3, 0.4) is 0 Å². The fourth-order valence-corrected chi connectivity index (χ4v) is 5.10. The van der Waals surface area contributed by atoms with Gasteiger partial charge < -0.3 is 5.32 Å². The zero-order chi connectivity index (χ0) is 21.7. The Morgan fingerprint density at radius 1 is 0.935 bits per heavy atom. The molecule has 156 valence electrons. The molecule has 0 aliphatic carbocycles. The lowest BCUT2D eigenvalue weighted by Crippen LogP contribution is -2.20. The molecular weight excluding hydrogens is 430 g/mol. The lowest BCUT2D eigenvalue weighted by molar-refractivity contribution is 0.262. The molecule has 0 radical (unpaired) electrons. The van der Waals surface area contributed by atoms with E-state index in [1.54, 1.807) is 60.8 Å². The van der Waals surface area contributed by atoms with Gasteiger partial charge in [-0.25, -0.2) is 18.2 Å². The molecule has 4 rings (SSSR count). The zero-order valence-electron chi connectivity index (χ0n) is 16.4. The number of amides is 2. The normalized spacial score (nSPS) is 11.1. The topological polar surface area (TPSA) is 88.2 Å². The fraction of sp³-hybridized carbons (Fsp3) is 0.0435. The zero-order valence-corrected chi connectivity index (χ0v) is 18.0. The number of urea groups is 1. The van der Waals surface area contributed by atoms with E-state index in [4.69, 9.17) is 0 Å². The monoisotopic (exact) mass is 449 g/mol. The number of nitrogens with one attached hydrogen (secondary N) is 2. The number of benzene rings is 2. The molecule has 2 amide bonds. The van der Waals surface area contributed by atoms with Gasteiger partial charge in [0, 0.05) is 11.8 Å². The Hall–Kier alpha value is -3.49. The van der Waals surface area contributed by atoms with Gasteiger partial charge in [0.1, 0.15) is 5.82 Å². The smallest absolute Gasteiger partial charge is 0.307 e. The molecular formula is C23H19N3O3S2. The molecule has 0 aliphatic heterocycles. The number of hydrogen-bond donors (Lipinski definition) is 2. The van der Waals surface area contributed by atoms with E-state index in [-0.39, 0.29) is 10.6 Å². The van der Waals surface area contributed by atoms with Crippen LogP contribution in [-0.2, 0) is 15.6 Å². The van der Waals surface area contributed by atoms with Crippen molar-refractivity contribution in [2.45, 2.75) is 10.6 Å². The molecule has 2 aromatic heterocycles. The minimum atomic E-state index is -3.60. The molecule has 0 saturated heterocycles. The van der Waals surface area contributed by atoms with Crippen LogP contribution in [0.15, 0.2) is 94.6 Å². The number of hydrogen-bond acceptors (Lipinski definition) is 5. The molecule has 8 heteroatoms. The van der Waals surface area contributed by atoms with E-state index in [2.05, 4.69) is 15.6 Å². The Bertz CT molecular complexity index is 1270. The molecule has 0 atom stereocenters. The summed E-state index contributed by atoms with van der Waals surface area (Å²) in [7, 11) is -3.60. The maximum absolute atomic E-state index is 13.0. The van der Waals surface area contributed by atoms with Crippen molar-refractivity contribution in [1.29, 1.82) is 0 Å². The van der Waals surface area contributed by atoms with E-state index in [1.165, 1.54) is 17.4 Å². The fourth-order valence-electron chi connectivity index (χ4n) is 3.07. The first-order chi connectivity index (χ1) is 15.0. The van der Waals surface area contributed by atoms with Crippen LogP contribution in [0.4, 0.5) is 16.3 Å². The van der Waals surface area contributed by atoms with E-state index in [0.29, 0.717) is 17.1 Å². The van der Waals surface area contributed by atoms with Crippen molar-refractivity contribution in [3.05, 3.63) is 95.3 Å². The molecule has 0 saturated carbocycles. The van der Waals surface area contributed by atoms with Crippen LogP contribution in [0.25, 0.3) is 11.1 Å². The second kappa shape index (κ2) is 9.11. The predicted octanol–water partition coefficient (Wildman–Crippen LogP) is 5.43. The summed E-state index contributed by atoms with van der Waals surface area (Å²) in [5.41, 5.74) is 2.73. The van der Waals surface area contributed by atoms with Gasteiger partial charge in [0.2, 0.25) is 0 Å². The second-order valence-electron chi connectivity index (χ2n) is 6.76. The highest BCUT2D eigenvalue weighted by Crippen LogP contribution is 2.32. The molecule has 0 aliphatic rings. The summed E-state index contributed by atoms with van der Waals surface area (Å²) in [6.45, 7) is 0. The van der Waals surface area contributed by atoms with Crippen molar-refractivity contribution in [2.24, 2.45) is 0 Å². The van der Waals surface area contributed by atoms with Crippen LogP contribution in [0.1, 0.15) is 5.56 Å². The summed E-state index contributed by atoms with van der Waals surface area (Å²) < 4.78 is 26.0. The summed E-state index contributed by atoms with van der Waals surface area (Å²) in [6, 6.07) is 20.4. The Balaban J connectivity index is 1.65. The first kappa shape index (κ1) is 20.8. The second-order valence-corrected chi connectivity index (χ2v) is 9.53. The summed E-state index contributed by atoms with van der Waals surface area (Å²) in [5, 5.41) is 9.29. The standard InChI is InChI=1S/C23H19N3O3S2/c27-23(26-22-8-4-5-12-24-22)25-21-14-19(9-10-20(21)18-11-13-30-15-18)31(28,29)16-17-6-2-1-3-7-17/h1-15H,16H2,(H2,24,25,26,27). The van der Waals surface area contributed by atoms with Crippen LogP contribution in [0.2, 0.25) is 0 Å². The van der Waals surface area contributed by atoms with Gasteiger partial charge in [-0.05, 0) is 52.2 Å². The maximum atomic E-state index is 13.0. The third kappa shape index (κ3) is 5.17. The number of pyridine rings is 1. The third-order valence-corrected chi connectivity index (χ3v) is 6.91. The Kier molecular flexibility index (Phi) is 6.11. The molecule has 2 N–H and O–H groups in total. The Labute approximate surface area is 184 Å². The average Bonchev–Trinajstić information content (AvgIpc) is 3.29. The number of thiophene rings is 1. The lowest BCUT2D eigenvalue weighted by atomic mass is 10.1.